The standard InChI is InChI=1S/C35H72N2O19/c1-30(39)36-3-5-46-7-9-48-11-13-50-15-17-52-19-21-54-23-25-56-27-26-55-24-22-53-20-18-51-16-14-49-12-10-47-8-6-45-4-2-33(42)37-28-31(40)34(43)35(44)32(41)29-38/h30-32,34-36,38-41,43-44H,2-29H2,1H3,(H,37,42)/t30?,31-,32+,34+,35+/m0/s1. The molecule has 0 bridgehead atoms. The Morgan fingerprint density at radius 2 is 0.696 bits per heavy atom. The van der Waals surface area contributed by atoms with Gasteiger partial charge in [0.05, 0.1) is 171 Å². The lowest BCUT2D eigenvalue weighted by molar-refractivity contribution is -0.127. The molecule has 0 saturated carbocycles. The van der Waals surface area contributed by atoms with Crippen molar-refractivity contribution in [1.29, 1.82) is 0 Å². The molecule has 336 valence electrons. The predicted molar refractivity (Wildman–Crippen MR) is 198 cm³/mol. The maximum Gasteiger partial charge on any atom is 0.222 e. The molecule has 0 aromatic carbocycles. The third-order valence-electron chi connectivity index (χ3n) is 7.09. The Hall–Kier alpha value is -1.29. The molecule has 0 heterocycles. The van der Waals surface area contributed by atoms with Gasteiger partial charge in [0.25, 0.3) is 0 Å². The van der Waals surface area contributed by atoms with E-state index in [9.17, 15) is 25.2 Å². The summed E-state index contributed by atoms with van der Waals surface area (Å²) in [5, 5.41) is 61.4. The van der Waals surface area contributed by atoms with Crippen molar-refractivity contribution in [3.05, 3.63) is 0 Å². The molecule has 0 aliphatic rings. The highest BCUT2D eigenvalue weighted by Gasteiger charge is 2.30. The van der Waals surface area contributed by atoms with Crippen molar-refractivity contribution < 1.29 is 92.3 Å². The molecule has 0 saturated heterocycles. The molecule has 0 aromatic heterocycles. The van der Waals surface area contributed by atoms with E-state index in [0.29, 0.717) is 152 Å². The number of amides is 1. The van der Waals surface area contributed by atoms with Crippen LogP contribution in [-0.2, 0) is 61.6 Å². The first-order chi connectivity index (χ1) is 27.3. The molecule has 21 nitrogen and oxygen atoms in total. The first-order valence-electron chi connectivity index (χ1n) is 19.2. The lowest BCUT2D eigenvalue weighted by atomic mass is 10.0. The van der Waals surface area contributed by atoms with Gasteiger partial charge in [0.1, 0.15) is 24.5 Å². The van der Waals surface area contributed by atoms with E-state index in [1.807, 2.05) is 0 Å². The summed E-state index contributed by atoms with van der Waals surface area (Å²) in [4.78, 5) is 11.8. The van der Waals surface area contributed by atoms with E-state index >= 15 is 0 Å². The lowest BCUT2D eigenvalue weighted by Gasteiger charge is -2.25. The predicted octanol–water partition coefficient (Wildman–Crippen LogP) is -3.94. The van der Waals surface area contributed by atoms with E-state index in [-0.39, 0.29) is 26.2 Å². The molecular weight excluding hydrogens is 752 g/mol. The van der Waals surface area contributed by atoms with Crippen LogP contribution in [0.5, 0.6) is 0 Å². The molecule has 0 aromatic rings. The molecule has 56 heavy (non-hydrogen) atoms. The summed E-state index contributed by atoms with van der Waals surface area (Å²) < 4.78 is 65.1. The number of hydrogen-bond donors (Lipinski definition) is 8. The molecule has 0 rings (SSSR count). The minimum atomic E-state index is -1.75. The van der Waals surface area contributed by atoms with Crippen molar-refractivity contribution in [3.63, 3.8) is 0 Å². The van der Waals surface area contributed by atoms with Gasteiger partial charge in [-0.15, -0.1) is 0 Å². The fourth-order valence-corrected chi connectivity index (χ4v) is 4.02. The van der Waals surface area contributed by atoms with E-state index in [1.165, 1.54) is 0 Å². The molecule has 5 atom stereocenters. The van der Waals surface area contributed by atoms with Gasteiger partial charge < -0.3 is 92.8 Å². The van der Waals surface area contributed by atoms with E-state index in [1.54, 1.807) is 6.92 Å². The van der Waals surface area contributed by atoms with Crippen LogP contribution in [0.25, 0.3) is 0 Å². The zero-order valence-electron chi connectivity index (χ0n) is 33.2. The number of aliphatic hydroxyl groups excluding tert-OH is 6. The zero-order chi connectivity index (χ0) is 41.2. The highest BCUT2D eigenvalue weighted by atomic mass is 16.6. The van der Waals surface area contributed by atoms with Gasteiger partial charge in [0.15, 0.2) is 0 Å². The molecule has 1 amide bonds. The fourth-order valence-electron chi connectivity index (χ4n) is 4.02. The molecule has 0 aliphatic carbocycles. The molecule has 21 heteroatoms. The average Bonchev–Trinajstić information content (AvgIpc) is 3.19. The summed E-state index contributed by atoms with van der Waals surface area (Å²) in [5.41, 5.74) is 0. The van der Waals surface area contributed by atoms with Crippen LogP contribution in [0.4, 0.5) is 0 Å². The second kappa shape index (κ2) is 43.3. The Labute approximate surface area is 331 Å². The number of ether oxygens (including phenoxy) is 12. The smallest absolute Gasteiger partial charge is 0.222 e. The number of rotatable bonds is 46. The second-order valence-corrected chi connectivity index (χ2v) is 11.8. The summed E-state index contributed by atoms with van der Waals surface area (Å²) >= 11 is 0. The minimum Gasteiger partial charge on any atom is -0.394 e. The number of nitrogens with one attached hydrogen (secondary N) is 2. The summed E-state index contributed by atoms with van der Waals surface area (Å²) in [6.45, 7) is 11.6. The van der Waals surface area contributed by atoms with Gasteiger partial charge >= 0.3 is 0 Å². The molecule has 0 spiro atoms. The average molecular weight is 825 g/mol. The van der Waals surface area contributed by atoms with Gasteiger partial charge in [0.2, 0.25) is 5.91 Å². The van der Waals surface area contributed by atoms with Crippen LogP contribution in [0.3, 0.4) is 0 Å². The van der Waals surface area contributed by atoms with Gasteiger partial charge in [0, 0.05) is 19.5 Å². The van der Waals surface area contributed by atoms with Crippen LogP contribution >= 0.6 is 0 Å². The van der Waals surface area contributed by atoms with Gasteiger partial charge in [-0.05, 0) is 6.92 Å². The number of aliphatic hydroxyl groups is 6. The lowest BCUT2D eigenvalue weighted by Crippen LogP contribution is -2.49. The van der Waals surface area contributed by atoms with Crippen LogP contribution in [-0.4, -0.2) is 245 Å². The monoisotopic (exact) mass is 824 g/mol. The minimum absolute atomic E-state index is 0.0144. The summed E-state index contributed by atoms with van der Waals surface area (Å²) in [6, 6.07) is 0. The van der Waals surface area contributed by atoms with E-state index in [2.05, 4.69) is 10.6 Å². The molecule has 0 aliphatic heterocycles. The van der Waals surface area contributed by atoms with Crippen LogP contribution in [0.2, 0.25) is 0 Å². The molecular formula is C35H72N2O19. The summed E-state index contributed by atoms with van der Waals surface area (Å²) in [7, 11) is 0. The van der Waals surface area contributed by atoms with Gasteiger partial charge in [-0.2, -0.15) is 0 Å². The Morgan fingerprint density at radius 3 is 0.982 bits per heavy atom. The first-order valence-corrected chi connectivity index (χ1v) is 19.2. The van der Waals surface area contributed by atoms with E-state index in [0.717, 1.165) is 0 Å². The second-order valence-electron chi connectivity index (χ2n) is 11.8. The maximum atomic E-state index is 11.8. The van der Waals surface area contributed by atoms with Crippen molar-refractivity contribution in [2.24, 2.45) is 0 Å². The molecule has 1 unspecified atom stereocenters. The summed E-state index contributed by atoms with van der Waals surface area (Å²) in [5.74, 6) is -0.433. The Morgan fingerprint density at radius 1 is 0.429 bits per heavy atom. The maximum absolute atomic E-state index is 11.8. The highest BCUT2D eigenvalue weighted by Crippen LogP contribution is 2.04. The van der Waals surface area contributed by atoms with Crippen molar-refractivity contribution in [2.75, 3.05) is 178 Å². The quantitative estimate of drug-likeness (QED) is 0.0215. The van der Waals surface area contributed by atoms with Crippen LogP contribution in [0, 0.1) is 0 Å². The Kier molecular flexibility index (Phi) is 42.3. The first kappa shape index (κ1) is 54.7. The van der Waals surface area contributed by atoms with E-state index < -0.39 is 43.2 Å². The van der Waals surface area contributed by atoms with Crippen LogP contribution in [0.15, 0.2) is 0 Å². The van der Waals surface area contributed by atoms with Gasteiger partial charge in [-0.1, -0.05) is 0 Å². The largest absolute Gasteiger partial charge is 0.394 e. The number of carbonyl (C=O) groups is 1. The van der Waals surface area contributed by atoms with Crippen molar-refractivity contribution in [2.45, 2.75) is 44.0 Å². The van der Waals surface area contributed by atoms with Crippen molar-refractivity contribution in [3.8, 4) is 0 Å². The molecule has 8 N–H and O–H groups in total. The topological polar surface area (TPSA) is 273 Å². The summed E-state index contributed by atoms with van der Waals surface area (Å²) in [6.07, 6.45) is -7.14. The van der Waals surface area contributed by atoms with Gasteiger partial charge in [-0.25, -0.2) is 0 Å². The van der Waals surface area contributed by atoms with Crippen molar-refractivity contribution in [1.82, 2.24) is 10.6 Å². The Bertz CT molecular complexity index is 810. The SMILES string of the molecule is CC(O)NCCOCCOCCOCCOCCOCCOCCOCCOCCOCCOCCOCCOCCC(=O)NC[C@H](O)[C@@H](O)[C@H](O)[C@H](O)CO. The number of hydrogen-bond acceptors (Lipinski definition) is 20. The molecule has 0 radical (unpaired) electrons. The van der Waals surface area contributed by atoms with Crippen LogP contribution in [0.1, 0.15) is 13.3 Å². The third kappa shape index (κ3) is 39.5. The molecule has 0 fully saturated rings. The fraction of sp³-hybridized carbons (Fsp3) is 0.971. The van der Waals surface area contributed by atoms with Gasteiger partial charge in [-0.3, -0.25) is 10.1 Å². The number of carbonyl (C=O) groups excluding carboxylic acids is 1. The van der Waals surface area contributed by atoms with Crippen LogP contribution < -0.4 is 10.6 Å². The van der Waals surface area contributed by atoms with E-state index in [4.69, 9.17) is 67.1 Å². The Balaban J connectivity index is 3.21. The third-order valence-corrected chi connectivity index (χ3v) is 7.09. The highest BCUT2D eigenvalue weighted by molar-refractivity contribution is 5.75. The van der Waals surface area contributed by atoms with Crippen molar-refractivity contribution >= 4 is 5.91 Å². The normalized spacial score (nSPS) is 14.5. The zero-order valence-corrected chi connectivity index (χ0v) is 33.2.